The lowest BCUT2D eigenvalue weighted by molar-refractivity contribution is 0.103. The van der Waals surface area contributed by atoms with Crippen molar-refractivity contribution in [2.24, 2.45) is 0 Å². The molecule has 2 aromatic heterocycles. The van der Waals surface area contributed by atoms with Crippen LogP contribution in [0.1, 0.15) is 15.4 Å². The van der Waals surface area contributed by atoms with Crippen molar-refractivity contribution >= 4 is 17.1 Å². The molecule has 0 atom stereocenters. The summed E-state index contributed by atoms with van der Waals surface area (Å²) >= 11 is 1.33. The molecule has 0 aromatic carbocycles. The first-order valence-corrected chi connectivity index (χ1v) is 5.13. The third-order valence-corrected chi connectivity index (χ3v) is 2.75. The SMILES string of the molecule is COc1ccsc1C(=O)c1cnccn1. The predicted molar refractivity (Wildman–Crippen MR) is 56.3 cm³/mol. The number of carbonyl (C=O) groups excluding carboxylic acids is 1. The first-order valence-electron chi connectivity index (χ1n) is 4.25. The van der Waals surface area contributed by atoms with Crippen molar-refractivity contribution in [2.45, 2.75) is 0 Å². The molecule has 2 aromatic rings. The Morgan fingerprint density at radius 3 is 3.00 bits per heavy atom. The molecule has 0 unspecified atom stereocenters. The van der Waals surface area contributed by atoms with Crippen molar-refractivity contribution in [2.75, 3.05) is 7.11 Å². The average Bonchev–Trinajstić information content (AvgIpc) is 2.77. The van der Waals surface area contributed by atoms with Gasteiger partial charge in [0, 0.05) is 12.4 Å². The maximum absolute atomic E-state index is 11.9. The van der Waals surface area contributed by atoms with Crippen LogP contribution in [0.25, 0.3) is 0 Å². The lowest BCUT2D eigenvalue weighted by atomic mass is 10.2. The number of carbonyl (C=O) groups is 1. The van der Waals surface area contributed by atoms with Crippen LogP contribution in [0, 0.1) is 0 Å². The standard InChI is InChI=1S/C10H8N2O2S/c1-14-8-2-5-15-10(8)9(13)7-6-11-3-4-12-7/h2-6H,1H3. The highest BCUT2D eigenvalue weighted by molar-refractivity contribution is 7.12. The number of rotatable bonds is 3. The van der Waals surface area contributed by atoms with Crippen LogP contribution < -0.4 is 4.74 Å². The Kier molecular flexibility index (Phi) is 2.73. The van der Waals surface area contributed by atoms with Gasteiger partial charge in [0.2, 0.25) is 5.78 Å². The third kappa shape index (κ3) is 1.87. The fourth-order valence-electron chi connectivity index (χ4n) is 1.16. The van der Waals surface area contributed by atoms with E-state index in [1.54, 1.807) is 6.07 Å². The van der Waals surface area contributed by atoms with E-state index in [9.17, 15) is 4.79 Å². The number of methoxy groups -OCH3 is 1. The Morgan fingerprint density at radius 2 is 2.33 bits per heavy atom. The molecule has 0 aliphatic heterocycles. The van der Waals surface area contributed by atoms with Crippen molar-refractivity contribution in [3.63, 3.8) is 0 Å². The van der Waals surface area contributed by atoms with Crippen LogP contribution >= 0.6 is 11.3 Å². The van der Waals surface area contributed by atoms with Gasteiger partial charge in [-0.3, -0.25) is 9.78 Å². The largest absolute Gasteiger partial charge is 0.495 e. The minimum absolute atomic E-state index is 0.157. The number of hydrogen-bond donors (Lipinski definition) is 0. The van der Waals surface area contributed by atoms with Gasteiger partial charge in [-0.05, 0) is 11.4 Å². The summed E-state index contributed by atoms with van der Waals surface area (Å²) in [5.74, 6) is 0.422. The van der Waals surface area contributed by atoms with Crippen molar-refractivity contribution < 1.29 is 9.53 Å². The number of thiophene rings is 1. The van der Waals surface area contributed by atoms with Gasteiger partial charge in [0.05, 0.1) is 13.3 Å². The van der Waals surface area contributed by atoms with Crippen molar-refractivity contribution in [3.05, 3.63) is 40.6 Å². The van der Waals surface area contributed by atoms with Crippen molar-refractivity contribution in [3.8, 4) is 5.75 Å². The van der Waals surface area contributed by atoms with Gasteiger partial charge in [-0.1, -0.05) is 0 Å². The zero-order chi connectivity index (χ0) is 10.7. The zero-order valence-electron chi connectivity index (χ0n) is 8.01. The molecule has 0 saturated carbocycles. The molecule has 0 amide bonds. The second kappa shape index (κ2) is 4.18. The summed E-state index contributed by atoms with van der Waals surface area (Å²) in [4.78, 5) is 20.3. The number of ketones is 1. The van der Waals surface area contributed by atoms with Crippen LogP contribution in [0.15, 0.2) is 30.0 Å². The van der Waals surface area contributed by atoms with Crippen LogP contribution in [-0.4, -0.2) is 22.9 Å². The molecule has 76 valence electrons. The second-order valence-electron chi connectivity index (χ2n) is 2.74. The molecule has 0 bridgehead atoms. The molecule has 0 saturated heterocycles. The van der Waals surface area contributed by atoms with Crippen LogP contribution in [0.4, 0.5) is 0 Å². The summed E-state index contributed by atoms with van der Waals surface area (Å²) in [5, 5.41) is 1.81. The molecule has 0 radical (unpaired) electrons. The summed E-state index contributed by atoms with van der Waals surface area (Å²) in [6, 6.07) is 1.76. The Bertz CT molecular complexity index is 467. The number of aromatic nitrogens is 2. The maximum Gasteiger partial charge on any atom is 0.226 e. The Labute approximate surface area is 90.6 Å². The van der Waals surface area contributed by atoms with E-state index >= 15 is 0 Å². The minimum Gasteiger partial charge on any atom is -0.495 e. The van der Waals surface area contributed by atoms with Gasteiger partial charge in [-0.25, -0.2) is 4.98 Å². The van der Waals surface area contributed by atoms with Gasteiger partial charge in [0.1, 0.15) is 16.3 Å². The smallest absolute Gasteiger partial charge is 0.226 e. The Hall–Kier alpha value is -1.75. The predicted octanol–water partition coefficient (Wildman–Crippen LogP) is 1.78. The second-order valence-corrected chi connectivity index (χ2v) is 3.65. The van der Waals surface area contributed by atoms with E-state index in [-0.39, 0.29) is 5.78 Å². The van der Waals surface area contributed by atoms with E-state index in [2.05, 4.69) is 9.97 Å². The molecule has 2 heterocycles. The van der Waals surface area contributed by atoms with Gasteiger partial charge in [-0.15, -0.1) is 11.3 Å². The van der Waals surface area contributed by atoms with E-state index in [0.717, 1.165) is 0 Å². The first kappa shape index (κ1) is 9.79. The summed E-state index contributed by atoms with van der Waals surface area (Å²) < 4.78 is 5.07. The molecule has 4 nitrogen and oxygen atoms in total. The van der Waals surface area contributed by atoms with Crippen molar-refractivity contribution in [1.82, 2.24) is 9.97 Å². The molecular weight excluding hydrogens is 212 g/mol. The Morgan fingerprint density at radius 1 is 1.47 bits per heavy atom. The summed E-state index contributed by atoms with van der Waals surface area (Å²) in [6.07, 6.45) is 4.47. The first-order chi connectivity index (χ1) is 7.33. The monoisotopic (exact) mass is 220 g/mol. The molecule has 0 fully saturated rings. The fraction of sp³-hybridized carbons (Fsp3) is 0.100. The summed E-state index contributed by atoms with van der Waals surface area (Å²) in [7, 11) is 1.54. The van der Waals surface area contributed by atoms with Gasteiger partial charge in [0.15, 0.2) is 0 Å². The molecule has 0 spiro atoms. The molecule has 2 rings (SSSR count). The fourth-order valence-corrected chi connectivity index (χ4v) is 1.96. The minimum atomic E-state index is -0.157. The highest BCUT2D eigenvalue weighted by atomic mass is 32.1. The van der Waals surface area contributed by atoms with Crippen LogP contribution in [0.2, 0.25) is 0 Å². The highest BCUT2D eigenvalue weighted by Gasteiger charge is 2.16. The van der Waals surface area contributed by atoms with Crippen LogP contribution in [-0.2, 0) is 0 Å². The summed E-state index contributed by atoms with van der Waals surface area (Å²) in [5.41, 5.74) is 0.332. The zero-order valence-corrected chi connectivity index (χ0v) is 8.82. The van der Waals surface area contributed by atoms with Crippen LogP contribution in [0.5, 0.6) is 5.75 Å². The number of hydrogen-bond acceptors (Lipinski definition) is 5. The Balaban J connectivity index is 2.37. The van der Waals surface area contributed by atoms with E-state index in [4.69, 9.17) is 4.74 Å². The van der Waals surface area contributed by atoms with Gasteiger partial charge in [-0.2, -0.15) is 0 Å². The van der Waals surface area contributed by atoms with E-state index in [1.165, 1.54) is 37.0 Å². The van der Waals surface area contributed by atoms with E-state index in [0.29, 0.717) is 16.3 Å². The molecule has 0 aliphatic rings. The highest BCUT2D eigenvalue weighted by Crippen LogP contribution is 2.26. The quantitative estimate of drug-likeness (QED) is 0.740. The molecule has 0 aliphatic carbocycles. The van der Waals surface area contributed by atoms with Gasteiger partial charge in [0.25, 0.3) is 0 Å². The molecule has 0 N–H and O–H groups in total. The molecular formula is C10H8N2O2S. The average molecular weight is 220 g/mol. The normalized spacial score (nSPS) is 9.93. The summed E-state index contributed by atoms with van der Waals surface area (Å²) in [6.45, 7) is 0. The third-order valence-electron chi connectivity index (χ3n) is 1.85. The topological polar surface area (TPSA) is 52.1 Å². The maximum atomic E-state index is 11.9. The van der Waals surface area contributed by atoms with E-state index in [1.807, 2.05) is 5.38 Å². The lowest BCUT2D eigenvalue weighted by Crippen LogP contribution is -2.03. The van der Waals surface area contributed by atoms with Gasteiger partial charge >= 0.3 is 0 Å². The molecule has 5 heteroatoms. The molecule has 15 heavy (non-hydrogen) atoms. The number of nitrogens with zero attached hydrogens (tertiary/aromatic N) is 2. The lowest BCUT2D eigenvalue weighted by Gasteiger charge is -2.00. The van der Waals surface area contributed by atoms with Crippen LogP contribution in [0.3, 0.4) is 0 Å². The van der Waals surface area contributed by atoms with Gasteiger partial charge < -0.3 is 4.74 Å². The van der Waals surface area contributed by atoms with E-state index < -0.39 is 0 Å². The van der Waals surface area contributed by atoms with Crippen molar-refractivity contribution in [1.29, 1.82) is 0 Å². The number of ether oxygens (including phenoxy) is 1.